The number of halogens is 2. The van der Waals surface area contributed by atoms with E-state index in [2.05, 4.69) is 16.2 Å². The number of esters is 1. The van der Waals surface area contributed by atoms with Gasteiger partial charge in [0.2, 0.25) is 0 Å². The number of aromatic nitrogens is 1. The van der Waals surface area contributed by atoms with Gasteiger partial charge in [-0.05, 0) is 62.2 Å². The van der Waals surface area contributed by atoms with Gasteiger partial charge >= 0.3 is 12.6 Å². The van der Waals surface area contributed by atoms with Crippen LogP contribution in [0.1, 0.15) is 40.7 Å². The van der Waals surface area contributed by atoms with E-state index in [1.165, 1.54) is 30.3 Å². The van der Waals surface area contributed by atoms with Gasteiger partial charge in [-0.3, -0.25) is 4.79 Å². The molecule has 0 aliphatic carbocycles. The highest BCUT2D eigenvalue weighted by Gasteiger charge is 2.16. The molecule has 30 heavy (non-hydrogen) atoms. The predicted molar refractivity (Wildman–Crippen MR) is 106 cm³/mol. The van der Waals surface area contributed by atoms with Crippen LogP contribution in [0.5, 0.6) is 5.75 Å². The van der Waals surface area contributed by atoms with Gasteiger partial charge < -0.3 is 14.0 Å². The third-order valence-corrected chi connectivity index (χ3v) is 4.44. The smallest absolute Gasteiger partial charge is 0.387 e. The Morgan fingerprint density at radius 1 is 1.23 bits per heavy atom. The van der Waals surface area contributed by atoms with Crippen molar-refractivity contribution < 1.29 is 27.8 Å². The summed E-state index contributed by atoms with van der Waals surface area (Å²) in [5.74, 6) is -1.54. The molecule has 8 heteroatoms. The standard InChI is InChI=1S/C22H22F2N2O4/c1-4-9-26-14(2)10-17(15(26)3)11-18(12-25)21(28)29-13-20(27)16-5-7-19(8-6-16)30-22(23)24/h5-8,10-11,22H,4,9,13H2,1-3H3/b18-11+. The van der Waals surface area contributed by atoms with E-state index in [1.807, 2.05) is 19.9 Å². The second-order valence-electron chi connectivity index (χ2n) is 6.55. The number of ketones is 1. The normalized spacial score (nSPS) is 11.3. The second-order valence-corrected chi connectivity index (χ2v) is 6.55. The summed E-state index contributed by atoms with van der Waals surface area (Å²) in [6.07, 6.45) is 2.39. The van der Waals surface area contributed by atoms with Crippen molar-refractivity contribution in [1.29, 1.82) is 5.26 Å². The maximum absolute atomic E-state index is 12.2. The van der Waals surface area contributed by atoms with Gasteiger partial charge in [0.1, 0.15) is 17.4 Å². The van der Waals surface area contributed by atoms with Crippen molar-refractivity contribution in [3.63, 3.8) is 0 Å². The van der Waals surface area contributed by atoms with Crippen LogP contribution in [0.25, 0.3) is 6.08 Å². The molecule has 0 N–H and O–H groups in total. The molecule has 6 nitrogen and oxygen atoms in total. The molecule has 158 valence electrons. The van der Waals surface area contributed by atoms with Gasteiger partial charge in [-0.1, -0.05) is 6.92 Å². The molecule has 0 saturated heterocycles. The first-order chi connectivity index (χ1) is 14.3. The molecule has 0 fully saturated rings. The van der Waals surface area contributed by atoms with Crippen LogP contribution in [-0.4, -0.2) is 29.5 Å². The number of benzene rings is 1. The van der Waals surface area contributed by atoms with Gasteiger partial charge in [0.05, 0.1) is 0 Å². The van der Waals surface area contributed by atoms with Crippen LogP contribution in [0, 0.1) is 25.2 Å². The fourth-order valence-corrected chi connectivity index (χ4v) is 2.95. The lowest BCUT2D eigenvalue weighted by atomic mass is 10.1. The summed E-state index contributed by atoms with van der Waals surface area (Å²) in [4.78, 5) is 24.4. The highest BCUT2D eigenvalue weighted by atomic mass is 19.3. The molecule has 0 spiro atoms. The summed E-state index contributed by atoms with van der Waals surface area (Å²) in [5, 5.41) is 9.33. The van der Waals surface area contributed by atoms with E-state index in [0.717, 1.165) is 29.9 Å². The first-order valence-electron chi connectivity index (χ1n) is 9.30. The van der Waals surface area contributed by atoms with Gasteiger partial charge in [0.15, 0.2) is 12.4 Å². The third kappa shape index (κ3) is 5.77. The minimum Gasteiger partial charge on any atom is -0.453 e. The van der Waals surface area contributed by atoms with Crippen molar-refractivity contribution in [2.45, 2.75) is 40.3 Å². The van der Waals surface area contributed by atoms with E-state index in [4.69, 9.17) is 4.74 Å². The minimum atomic E-state index is -2.96. The Bertz CT molecular complexity index is 986. The van der Waals surface area contributed by atoms with Crippen molar-refractivity contribution in [2.24, 2.45) is 0 Å². The molecular formula is C22H22F2N2O4. The van der Waals surface area contributed by atoms with Gasteiger partial charge in [0.25, 0.3) is 0 Å². The van der Waals surface area contributed by atoms with Crippen LogP contribution in [0.3, 0.4) is 0 Å². The van der Waals surface area contributed by atoms with E-state index >= 15 is 0 Å². The number of nitriles is 1. The van der Waals surface area contributed by atoms with Gasteiger partial charge in [-0.2, -0.15) is 14.0 Å². The summed E-state index contributed by atoms with van der Waals surface area (Å²) in [5.41, 5.74) is 2.61. The molecule has 0 bridgehead atoms. The average molecular weight is 416 g/mol. The van der Waals surface area contributed by atoms with E-state index in [1.54, 1.807) is 6.07 Å². The van der Waals surface area contributed by atoms with E-state index in [0.29, 0.717) is 0 Å². The van der Waals surface area contributed by atoms with E-state index < -0.39 is 25.0 Å². The monoisotopic (exact) mass is 416 g/mol. The van der Waals surface area contributed by atoms with Crippen molar-refractivity contribution >= 4 is 17.8 Å². The fraction of sp³-hybridized carbons (Fsp3) is 0.318. The number of hydrogen-bond acceptors (Lipinski definition) is 5. The molecule has 0 amide bonds. The van der Waals surface area contributed by atoms with Crippen molar-refractivity contribution in [3.8, 4) is 11.8 Å². The zero-order valence-electron chi connectivity index (χ0n) is 16.9. The Hall–Kier alpha value is -3.47. The van der Waals surface area contributed by atoms with E-state index in [9.17, 15) is 23.6 Å². The molecule has 1 aromatic carbocycles. The zero-order valence-corrected chi connectivity index (χ0v) is 16.9. The highest BCUT2D eigenvalue weighted by Crippen LogP contribution is 2.19. The minimum absolute atomic E-state index is 0.0890. The zero-order chi connectivity index (χ0) is 22.3. The summed E-state index contributed by atoms with van der Waals surface area (Å²) < 4.78 is 35.6. The highest BCUT2D eigenvalue weighted by molar-refractivity contribution is 6.02. The van der Waals surface area contributed by atoms with Crippen LogP contribution >= 0.6 is 0 Å². The summed E-state index contributed by atoms with van der Waals surface area (Å²) in [6.45, 7) is 3.19. The summed E-state index contributed by atoms with van der Waals surface area (Å²) in [6, 6.07) is 8.70. The predicted octanol–water partition coefficient (Wildman–Crippen LogP) is 4.45. The molecular weight excluding hydrogens is 394 g/mol. The van der Waals surface area contributed by atoms with Crippen LogP contribution in [0.15, 0.2) is 35.9 Å². The molecule has 0 aliphatic heterocycles. The number of rotatable bonds is 9. The SMILES string of the molecule is CCCn1c(C)cc(/C=C(\C#N)C(=O)OCC(=O)c2ccc(OC(F)F)cc2)c1C. The van der Waals surface area contributed by atoms with Crippen LogP contribution in [0.4, 0.5) is 8.78 Å². The average Bonchev–Trinajstić information content (AvgIpc) is 2.97. The number of carbonyl (C=O) groups is 2. The second kappa shape index (κ2) is 10.3. The van der Waals surface area contributed by atoms with Crippen molar-refractivity contribution in [1.82, 2.24) is 4.57 Å². The first-order valence-corrected chi connectivity index (χ1v) is 9.30. The topological polar surface area (TPSA) is 81.3 Å². The van der Waals surface area contributed by atoms with E-state index in [-0.39, 0.29) is 16.9 Å². The molecule has 2 rings (SSSR count). The van der Waals surface area contributed by atoms with Crippen LogP contribution < -0.4 is 4.74 Å². The van der Waals surface area contributed by atoms with Crippen molar-refractivity contribution in [3.05, 3.63) is 58.4 Å². The van der Waals surface area contributed by atoms with Crippen molar-refractivity contribution in [2.75, 3.05) is 6.61 Å². The summed E-state index contributed by atoms with van der Waals surface area (Å²) in [7, 11) is 0. The lowest BCUT2D eigenvalue weighted by Gasteiger charge is -2.07. The molecule has 0 aliphatic rings. The Balaban J connectivity index is 2.05. The molecule has 1 heterocycles. The van der Waals surface area contributed by atoms with Crippen LogP contribution in [-0.2, 0) is 16.1 Å². The molecule has 0 atom stereocenters. The van der Waals surface area contributed by atoms with Gasteiger partial charge in [-0.15, -0.1) is 0 Å². The third-order valence-electron chi connectivity index (χ3n) is 4.44. The number of alkyl halides is 2. The first kappa shape index (κ1) is 22.8. The molecule has 0 radical (unpaired) electrons. The number of carbonyl (C=O) groups excluding carboxylic acids is 2. The molecule has 0 saturated carbocycles. The Morgan fingerprint density at radius 2 is 1.90 bits per heavy atom. The molecule has 1 aromatic heterocycles. The molecule has 0 unspecified atom stereocenters. The molecule has 2 aromatic rings. The van der Waals surface area contributed by atoms with Crippen LogP contribution in [0.2, 0.25) is 0 Å². The quantitative estimate of drug-likeness (QED) is 0.261. The summed E-state index contributed by atoms with van der Waals surface area (Å²) >= 11 is 0. The lowest BCUT2D eigenvalue weighted by molar-refractivity contribution is -0.137. The van der Waals surface area contributed by atoms with Gasteiger partial charge in [0, 0.05) is 23.5 Å². The Kier molecular flexibility index (Phi) is 7.87. The maximum Gasteiger partial charge on any atom is 0.387 e. The number of hydrogen-bond donors (Lipinski definition) is 0. The number of nitrogens with zero attached hydrogens (tertiary/aromatic N) is 2. The maximum atomic E-state index is 12.2. The van der Waals surface area contributed by atoms with Gasteiger partial charge in [-0.25, -0.2) is 4.79 Å². The number of aryl methyl sites for hydroxylation is 1. The number of Topliss-reactive ketones (excluding diaryl/α,β-unsaturated/α-hetero) is 1. The fourth-order valence-electron chi connectivity index (χ4n) is 2.95. The number of ether oxygens (including phenoxy) is 2. The Morgan fingerprint density at radius 3 is 2.47 bits per heavy atom. The largest absolute Gasteiger partial charge is 0.453 e. The lowest BCUT2D eigenvalue weighted by Crippen LogP contribution is -2.15. The Labute approximate surface area is 173 Å².